The van der Waals surface area contributed by atoms with E-state index in [1.54, 1.807) is 0 Å². The van der Waals surface area contributed by atoms with Crippen LogP contribution in [0.3, 0.4) is 0 Å². The highest BCUT2D eigenvalue weighted by Gasteiger charge is 2.19. The largest absolute Gasteiger partial charge is 0.493 e. The van der Waals surface area contributed by atoms with Crippen LogP contribution in [0.4, 0.5) is 0 Å². The Hall–Kier alpha value is -0.730. The number of aliphatic hydroxyl groups is 1. The lowest BCUT2D eigenvalue weighted by atomic mass is 9.97. The van der Waals surface area contributed by atoms with E-state index in [2.05, 4.69) is 6.92 Å². The Kier molecular flexibility index (Phi) is 5.29. The zero-order valence-corrected chi connectivity index (χ0v) is 11.8. The maximum Gasteiger partial charge on any atom is 0.128 e. The van der Waals surface area contributed by atoms with Gasteiger partial charge in [-0.05, 0) is 43.9 Å². The summed E-state index contributed by atoms with van der Waals surface area (Å²) in [5, 5.41) is 10.8. The lowest BCUT2D eigenvalue weighted by molar-refractivity contribution is 0.166. The maximum atomic E-state index is 10.1. The molecule has 0 saturated heterocycles. The molecule has 0 amide bonds. The number of rotatable bonds is 5. The Morgan fingerprint density at radius 2 is 2.00 bits per heavy atom. The molecule has 0 radical (unpaired) electrons. The van der Waals surface area contributed by atoms with Crippen molar-refractivity contribution in [3.8, 4) is 5.75 Å². The molecule has 1 aromatic carbocycles. The first-order valence-corrected chi connectivity index (χ1v) is 6.51. The SMILES string of the molecule is CCCOc1c(C)cc(Cl)c(C)c1C(O)CC. The van der Waals surface area contributed by atoms with E-state index in [4.69, 9.17) is 16.3 Å². The van der Waals surface area contributed by atoms with Gasteiger partial charge in [0.15, 0.2) is 0 Å². The molecular formula is C14H21ClO2. The molecule has 3 heteroatoms. The van der Waals surface area contributed by atoms with E-state index < -0.39 is 6.10 Å². The van der Waals surface area contributed by atoms with E-state index in [-0.39, 0.29) is 0 Å². The van der Waals surface area contributed by atoms with Crippen LogP contribution in [0.1, 0.15) is 49.5 Å². The molecule has 1 aromatic rings. The molecule has 0 aliphatic carbocycles. The Bertz CT molecular complexity index is 388. The molecule has 0 spiro atoms. The first-order chi connectivity index (χ1) is 8.02. The Labute approximate surface area is 109 Å². The molecule has 1 rings (SSSR count). The van der Waals surface area contributed by atoms with Crippen LogP contribution in [0.25, 0.3) is 0 Å². The van der Waals surface area contributed by atoms with Gasteiger partial charge < -0.3 is 9.84 Å². The summed E-state index contributed by atoms with van der Waals surface area (Å²) in [6, 6.07) is 1.90. The van der Waals surface area contributed by atoms with Crippen LogP contribution in [0, 0.1) is 13.8 Å². The van der Waals surface area contributed by atoms with Crippen molar-refractivity contribution < 1.29 is 9.84 Å². The normalized spacial score (nSPS) is 12.6. The van der Waals surface area contributed by atoms with Crippen molar-refractivity contribution in [2.24, 2.45) is 0 Å². The van der Waals surface area contributed by atoms with Gasteiger partial charge in [0.2, 0.25) is 0 Å². The Balaban J connectivity index is 3.28. The van der Waals surface area contributed by atoms with Crippen LogP contribution < -0.4 is 4.74 Å². The fourth-order valence-corrected chi connectivity index (χ4v) is 2.14. The van der Waals surface area contributed by atoms with Crippen molar-refractivity contribution in [3.63, 3.8) is 0 Å². The van der Waals surface area contributed by atoms with Crippen molar-refractivity contribution in [1.29, 1.82) is 0 Å². The standard InChI is InChI=1S/C14H21ClO2/c1-5-7-17-14-9(3)8-11(15)10(4)13(14)12(16)6-2/h8,12,16H,5-7H2,1-4H3. The van der Waals surface area contributed by atoms with Gasteiger partial charge >= 0.3 is 0 Å². The Morgan fingerprint density at radius 3 is 2.53 bits per heavy atom. The van der Waals surface area contributed by atoms with Crippen molar-refractivity contribution in [3.05, 3.63) is 27.8 Å². The van der Waals surface area contributed by atoms with Crippen LogP contribution in [0.5, 0.6) is 5.75 Å². The molecule has 1 unspecified atom stereocenters. The molecule has 17 heavy (non-hydrogen) atoms. The molecule has 0 saturated carbocycles. The topological polar surface area (TPSA) is 29.5 Å². The first-order valence-electron chi connectivity index (χ1n) is 6.13. The fraction of sp³-hybridized carbons (Fsp3) is 0.571. The lowest BCUT2D eigenvalue weighted by Crippen LogP contribution is -2.07. The van der Waals surface area contributed by atoms with E-state index >= 15 is 0 Å². The summed E-state index contributed by atoms with van der Waals surface area (Å²) in [6.45, 7) is 8.56. The number of halogens is 1. The van der Waals surface area contributed by atoms with E-state index in [1.165, 1.54) is 0 Å². The number of benzene rings is 1. The van der Waals surface area contributed by atoms with Gasteiger partial charge in [-0.3, -0.25) is 0 Å². The molecular weight excluding hydrogens is 236 g/mol. The summed E-state index contributed by atoms with van der Waals surface area (Å²) in [6.07, 6.45) is 1.09. The molecule has 0 aliphatic rings. The minimum absolute atomic E-state index is 0.515. The minimum Gasteiger partial charge on any atom is -0.493 e. The van der Waals surface area contributed by atoms with Crippen molar-refractivity contribution >= 4 is 11.6 Å². The van der Waals surface area contributed by atoms with Crippen LogP contribution in [0.15, 0.2) is 6.07 Å². The van der Waals surface area contributed by atoms with Gasteiger partial charge in [0, 0.05) is 10.6 Å². The molecule has 0 fully saturated rings. The minimum atomic E-state index is -0.515. The molecule has 0 bridgehead atoms. The summed E-state index contributed by atoms with van der Waals surface area (Å²) in [5.74, 6) is 0.795. The number of hydrogen-bond acceptors (Lipinski definition) is 2. The predicted molar refractivity (Wildman–Crippen MR) is 72.0 cm³/mol. The van der Waals surface area contributed by atoms with Crippen molar-refractivity contribution in [2.45, 2.75) is 46.6 Å². The third kappa shape index (κ3) is 3.14. The molecule has 0 heterocycles. The van der Waals surface area contributed by atoms with Gasteiger partial charge in [-0.2, -0.15) is 0 Å². The van der Waals surface area contributed by atoms with Crippen molar-refractivity contribution in [1.82, 2.24) is 0 Å². The highest BCUT2D eigenvalue weighted by molar-refractivity contribution is 6.31. The van der Waals surface area contributed by atoms with E-state index in [1.807, 2.05) is 26.8 Å². The third-order valence-electron chi connectivity index (χ3n) is 2.88. The highest BCUT2D eigenvalue weighted by atomic mass is 35.5. The van der Waals surface area contributed by atoms with Gasteiger partial charge in [0.1, 0.15) is 5.75 Å². The fourth-order valence-electron chi connectivity index (χ4n) is 1.88. The molecule has 1 N–H and O–H groups in total. The van der Waals surface area contributed by atoms with Gasteiger partial charge in [-0.15, -0.1) is 0 Å². The average Bonchev–Trinajstić information content (AvgIpc) is 2.31. The van der Waals surface area contributed by atoms with Gasteiger partial charge in [0.25, 0.3) is 0 Å². The number of ether oxygens (including phenoxy) is 1. The molecule has 0 aromatic heterocycles. The second-order valence-corrected chi connectivity index (χ2v) is 4.72. The molecule has 96 valence electrons. The lowest BCUT2D eigenvalue weighted by Gasteiger charge is -2.20. The Morgan fingerprint density at radius 1 is 1.35 bits per heavy atom. The van der Waals surface area contributed by atoms with Crippen LogP contribution in [-0.2, 0) is 0 Å². The number of aryl methyl sites for hydroxylation is 1. The van der Waals surface area contributed by atoms with Gasteiger partial charge in [-0.1, -0.05) is 25.4 Å². The number of aliphatic hydroxyl groups excluding tert-OH is 1. The highest BCUT2D eigenvalue weighted by Crippen LogP contribution is 2.37. The summed E-state index contributed by atoms with van der Waals surface area (Å²) >= 11 is 6.16. The second-order valence-electron chi connectivity index (χ2n) is 4.32. The monoisotopic (exact) mass is 256 g/mol. The summed E-state index contributed by atoms with van der Waals surface area (Å²) in [4.78, 5) is 0. The summed E-state index contributed by atoms with van der Waals surface area (Å²) in [7, 11) is 0. The second kappa shape index (κ2) is 6.27. The zero-order valence-electron chi connectivity index (χ0n) is 11.0. The summed E-state index contributed by atoms with van der Waals surface area (Å²) < 4.78 is 5.76. The van der Waals surface area contributed by atoms with Crippen molar-refractivity contribution in [2.75, 3.05) is 6.61 Å². The zero-order chi connectivity index (χ0) is 13.0. The van der Waals surface area contributed by atoms with Crippen LogP contribution in [0.2, 0.25) is 5.02 Å². The van der Waals surface area contributed by atoms with E-state index in [0.29, 0.717) is 18.1 Å². The van der Waals surface area contributed by atoms with E-state index in [0.717, 1.165) is 28.9 Å². The average molecular weight is 257 g/mol. The maximum absolute atomic E-state index is 10.1. The van der Waals surface area contributed by atoms with Crippen LogP contribution in [-0.4, -0.2) is 11.7 Å². The quantitative estimate of drug-likeness (QED) is 0.856. The molecule has 1 atom stereocenters. The number of hydrogen-bond donors (Lipinski definition) is 1. The van der Waals surface area contributed by atoms with Crippen LogP contribution >= 0.6 is 11.6 Å². The third-order valence-corrected chi connectivity index (χ3v) is 3.27. The molecule has 0 aliphatic heterocycles. The smallest absolute Gasteiger partial charge is 0.128 e. The molecule has 2 nitrogen and oxygen atoms in total. The van der Waals surface area contributed by atoms with Gasteiger partial charge in [0.05, 0.1) is 12.7 Å². The van der Waals surface area contributed by atoms with E-state index in [9.17, 15) is 5.11 Å². The summed E-state index contributed by atoms with van der Waals surface area (Å²) in [5.41, 5.74) is 2.74. The first kappa shape index (κ1) is 14.3. The predicted octanol–water partition coefficient (Wildman–Crippen LogP) is 4.19. The van der Waals surface area contributed by atoms with Gasteiger partial charge in [-0.25, -0.2) is 0 Å².